The highest BCUT2D eigenvalue weighted by Crippen LogP contribution is 2.22. The fourth-order valence-corrected chi connectivity index (χ4v) is 3.29. The van der Waals surface area contributed by atoms with Crippen LogP contribution in [0.15, 0.2) is 16.0 Å². The average molecular weight is 383 g/mol. The molecule has 0 unspecified atom stereocenters. The van der Waals surface area contributed by atoms with Crippen LogP contribution >= 0.6 is 0 Å². The van der Waals surface area contributed by atoms with Gasteiger partial charge in [-0.3, -0.25) is 4.98 Å². The second kappa shape index (κ2) is 6.75. The van der Waals surface area contributed by atoms with Gasteiger partial charge in [-0.05, 0) is 44.8 Å². The largest absolute Gasteiger partial charge is 0.493 e. The molecule has 1 saturated carbocycles. The van der Waals surface area contributed by atoms with E-state index < -0.39 is 5.69 Å². The number of H-pyrrole nitrogens is 2. The SMILES string of the molecule is O=c1[nH]c(O)c(/C=c2\cnn3c(=NC4CC4)nc(NC4CCNCC4)nc23)[nH]1. The number of hydrogen-bond acceptors (Lipinski definition) is 8. The van der Waals surface area contributed by atoms with Crippen molar-refractivity contribution in [2.24, 2.45) is 4.99 Å². The van der Waals surface area contributed by atoms with Crippen LogP contribution in [0.5, 0.6) is 5.88 Å². The number of hydrogen-bond donors (Lipinski definition) is 5. The van der Waals surface area contributed by atoms with Gasteiger partial charge in [0.15, 0.2) is 5.65 Å². The molecule has 11 heteroatoms. The van der Waals surface area contributed by atoms with Crippen molar-refractivity contribution in [1.29, 1.82) is 0 Å². The minimum atomic E-state index is -0.479. The van der Waals surface area contributed by atoms with Crippen molar-refractivity contribution in [3.05, 3.63) is 33.2 Å². The number of aromatic nitrogens is 6. The lowest BCUT2D eigenvalue weighted by Gasteiger charge is -2.23. The number of nitrogens with one attached hydrogen (secondary N) is 4. The van der Waals surface area contributed by atoms with Crippen molar-refractivity contribution in [2.75, 3.05) is 18.4 Å². The molecule has 0 amide bonds. The zero-order chi connectivity index (χ0) is 19.1. The number of piperidine rings is 1. The summed E-state index contributed by atoms with van der Waals surface area (Å²) in [5.41, 5.74) is 0.863. The third kappa shape index (κ3) is 3.36. The Bertz CT molecular complexity index is 1180. The molecule has 5 N–H and O–H groups in total. The van der Waals surface area contributed by atoms with Crippen LogP contribution < -0.4 is 27.2 Å². The zero-order valence-electron chi connectivity index (χ0n) is 15.1. The second-order valence-electron chi connectivity index (χ2n) is 7.20. The van der Waals surface area contributed by atoms with E-state index in [1.807, 2.05) is 0 Å². The molecule has 1 saturated heterocycles. The van der Waals surface area contributed by atoms with Crippen molar-refractivity contribution in [2.45, 2.75) is 37.8 Å². The summed E-state index contributed by atoms with van der Waals surface area (Å²) in [6.07, 6.45) is 7.36. The maximum Gasteiger partial charge on any atom is 0.326 e. The molecule has 2 fully saturated rings. The van der Waals surface area contributed by atoms with Crippen molar-refractivity contribution in [3.8, 4) is 5.88 Å². The van der Waals surface area contributed by atoms with E-state index in [1.165, 1.54) is 0 Å². The molecule has 4 heterocycles. The minimum Gasteiger partial charge on any atom is -0.493 e. The predicted octanol–water partition coefficient (Wildman–Crippen LogP) is -1.38. The molecule has 3 aromatic rings. The summed E-state index contributed by atoms with van der Waals surface area (Å²) < 4.78 is 1.60. The van der Waals surface area contributed by atoms with Crippen LogP contribution in [0.3, 0.4) is 0 Å². The van der Waals surface area contributed by atoms with E-state index in [9.17, 15) is 9.90 Å². The molecule has 3 aromatic heterocycles. The van der Waals surface area contributed by atoms with E-state index in [2.05, 4.69) is 40.7 Å². The Morgan fingerprint density at radius 1 is 1.21 bits per heavy atom. The van der Waals surface area contributed by atoms with Crippen LogP contribution in [-0.2, 0) is 0 Å². The Morgan fingerprint density at radius 2 is 2.04 bits per heavy atom. The van der Waals surface area contributed by atoms with Crippen molar-refractivity contribution in [3.63, 3.8) is 0 Å². The topological polar surface area (TPSA) is 148 Å². The lowest BCUT2D eigenvalue weighted by molar-refractivity contribution is 0.454. The Hall–Kier alpha value is -3.21. The van der Waals surface area contributed by atoms with Gasteiger partial charge in [0.2, 0.25) is 11.8 Å². The fourth-order valence-electron chi connectivity index (χ4n) is 3.29. The number of fused-ring (bicyclic) bond motifs is 1. The third-order valence-corrected chi connectivity index (χ3v) is 4.93. The van der Waals surface area contributed by atoms with Gasteiger partial charge in [-0.25, -0.2) is 9.79 Å². The molecule has 11 nitrogen and oxygen atoms in total. The molecular formula is C17H21N9O2. The average Bonchev–Trinajstić information content (AvgIpc) is 3.32. The predicted molar refractivity (Wildman–Crippen MR) is 101 cm³/mol. The Balaban J connectivity index is 1.63. The molecule has 0 bridgehead atoms. The normalized spacial score (nSPS) is 19.6. The second-order valence-corrected chi connectivity index (χ2v) is 7.20. The van der Waals surface area contributed by atoms with E-state index in [4.69, 9.17) is 0 Å². The van der Waals surface area contributed by atoms with Crippen LogP contribution in [0.2, 0.25) is 0 Å². The minimum absolute atomic E-state index is 0.227. The summed E-state index contributed by atoms with van der Waals surface area (Å²) in [5.74, 6) is 0.287. The molecular weight excluding hydrogens is 362 g/mol. The lowest BCUT2D eigenvalue weighted by atomic mass is 10.1. The molecule has 2 aliphatic rings. The first-order valence-corrected chi connectivity index (χ1v) is 9.45. The van der Waals surface area contributed by atoms with E-state index in [1.54, 1.807) is 16.8 Å². The highest BCUT2D eigenvalue weighted by molar-refractivity contribution is 5.57. The monoisotopic (exact) mass is 383 g/mol. The Morgan fingerprint density at radius 3 is 2.75 bits per heavy atom. The van der Waals surface area contributed by atoms with Gasteiger partial charge < -0.3 is 20.7 Å². The summed E-state index contributed by atoms with van der Waals surface area (Å²) >= 11 is 0. The first kappa shape index (κ1) is 16.9. The van der Waals surface area contributed by atoms with Crippen molar-refractivity contribution < 1.29 is 5.11 Å². The number of nitrogens with zero attached hydrogens (tertiary/aromatic N) is 5. The van der Waals surface area contributed by atoms with Gasteiger partial charge >= 0.3 is 5.69 Å². The molecule has 0 aromatic carbocycles. The van der Waals surface area contributed by atoms with E-state index in [0.29, 0.717) is 28.5 Å². The summed E-state index contributed by atoms with van der Waals surface area (Å²) in [6.45, 7) is 1.93. The standard InChI is InChI=1S/C17H21N9O2/c27-14-12(22-17(28)24-14)7-9-8-19-26-13(9)23-15(20-11-3-5-18-6-4-11)25-16(26)21-10-1-2-10/h7-8,10-11,18,27H,1-6H2,(H,20,21,25)(H2,22,24,28)/b9-7+. The number of imidazole rings is 1. The van der Waals surface area contributed by atoms with Gasteiger partial charge in [0.25, 0.3) is 5.62 Å². The first-order chi connectivity index (χ1) is 13.7. The highest BCUT2D eigenvalue weighted by Gasteiger charge is 2.21. The molecule has 5 rings (SSSR count). The van der Waals surface area contributed by atoms with Crippen molar-refractivity contribution in [1.82, 2.24) is 34.9 Å². The third-order valence-electron chi connectivity index (χ3n) is 4.93. The maximum absolute atomic E-state index is 11.4. The van der Waals surface area contributed by atoms with Gasteiger partial charge in [0, 0.05) is 11.3 Å². The van der Waals surface area contributed by atoms with Gasteiger partial charge in [0.05, 0.1) is 12.2 Å². The van der Waals surface area contributed by atoms with E-state index >= 15 is 0 Å². The smallest absolute Gasteiger partial charge is 0.326 e. The zero-order valence-corrected chi connectivity index (χ0v) is 15.1. The molecule has 0 atom stereocenters. The van der Waals surface area contributed by atoms with Gasteiger partial charge in [-0.2, -0.15) is 19.6 Å². The molecule has 0 spiro atoms. The number of rotatable bonds is 4. The molecule has 0 radical (unpaired) electrons. The quantitative estimate of drug-likeness (QED) is 0.373. The fraction of sp³-hybridized carbons (Fsp3) is 0.471. The van der Waals surface area contributed by atoms with Crippen LogP contribution in [0.1, 0.15) is 31.4 Å². The molecule has 1 aliphatic heterocycles. The molecule has 1 aliphatic carbocycles. The summed E-state index contributed by atoms with van der Waals surface area (Å²) in [4.78, 5) is 30.1. The van der Waals surface area contributed by atoms with E-state index in [-0.39, 0.29) is 17.6 Å². The van der Waals surface area contributed by atoms with Crippen LogP contribution in [-0.4, -0.2) is 59.8 Å². The highest BCUT2D eigenvalue weighted by atomic mass is 16.3. The van der Waals surface area contributed by atoms with Gasteiger partial charge in [-0.1, -0.05) is 0 Å². The van der Waals surface area contributed by atoms with Gasteiger partial charge in [-0.15, -0.1) is 0 Å². The summed E-state index contributed by atoms with van der Waals surface area (Å²) in [5, 5.41) is 21.6. The van der Waals surface area contributed by atoms with Gasteiger partial charge in [0.1, 0.15) is 5.69 Å². The molecule has 28 heavy (non-hydrogen) atoms. The summed E-state index contributed by atoms with van der Waals surface area (Å²) in [6, 6.07) is 0.587. The molecule has 146 valence electrons. The first-order valence-electron chi connectivity index (χ1n) is 9.45. The van der Waals surface area contributed by atoms with Crippen LogP contribution in [0.25, 0.3) is 11.7 Å². The maximum atomic E-state index is 11.4. The Labute approximate surface area is 158 Å². The van der Waals surface area contributed by atoms with Crippen LogP contribution in [0, 0.1) is 0 Å². The lowest BCUT2D eigenvalue weighted by Crippen LogP contribution is -2.36. The van der Waals surface area contributed by atoms with E-state index in [0.717, 1.165) is 38.8 Å². The van der Waals surface area contributed by atoms with Crippen LogP contribution in [0.4, 0.5) is 5.95 Å². The van der Waals surface area contributed by atoms with Crippen molar-refractivity contribution >= 4 is 17.7 Å². The number of aromatic hydroxyl groups is 1. The summed E-state index contributed by atoms with van der Waals surface area (Å²) in [7, 11) is 0. The Kier molecular flexibility index (Phi) is 4.08. The number of anilines is 1. The number of aromatic amines is 2.